The third kappa shape index (κ3) is 4.06. The molecule has 0 N–H and O–H groups in total. The maximum atomic E-state index is 4.23. The van der Waals surface area contributed by atoms with Gasteiger partial charge in [0.1, 0.15) is 0 Å². The SMILES string of the molecule is C\C=C/C=C\C=N\c1ccccc1. The summed E-state index contributed by atoms with van der Waals surface area (Å²) in [5, 5.41) is 0. The van der Waals surface area contributed by atoms with E-state index < -0.39 is 0 Å². The summed E-state index contributed by atoms with van der Waals surface area (Å²) in [7, 11) is 0. The maximum Gasteiger partial charge on any atom is 0.0629 e. The van der Waals surface area contributed by atoms with Crippen LogP contribution in [0.1, 0.15) is 6.92 Å². The van der Waals surface area contributed by atoms with Crippen LogP contribution in [0.2, 0.25) is 0 Å². The van der Waals surface area contributed by atoms with E-state index in [1.165, 1.54) is 0 Å². The quantitative estimate of drug-likeness (QED) is 0.487. The molecule has 1 rings (SSSR count). The summed E-state index contributed by atoms with van der Waals surface area (Å²) < 4.78 is 0. The summed E-state index contributed by atoms with van der Waals surface area (Å²) in [4.78, 5) is 4.23. The molecule has 0 heterocycles. The van der Waals surface area contributed by atoms with Gasteiger partial charge in [-0.15, -0.1) is 0 Å². The first-order chi connectivity index (χ1) is 6.43. The van der Waals surface area contributed by atoms with E-state index in [2.05, 4.69) is 4.99 Å². The number of para-hydroxylation sites is 1. The van der Waals surface area contributed by atoms with Gasteiger partial charge in [0.2, 0.25) is 0 Å². The lowest BCUT2D eigenvalue weighted by Gasteiger charge is -1.87. The molecule has 0 aliphatic carbocycles. The first-order valence-electron chi connectivity index (χ1n) is 4.30. The van der Waals surface area contributed by atoms with Gasteiger partial charge in [-0.2, -0.15) is 0 Å². The summed E-state index contributed by atoms with van der Waals surface area (Å²) in [6.07, 6.45) is 9.60. The number of aliphatic imine (C=N–C) groups is 1. The zero-order valence-corrected chi connectivity index (χ0v) is 7.72. The van der Waals surface area contributed by atoms with Crippen LogP contribution in [-0.4, -0.2) is 6.21 Å². The lowest BCUT2D eigenvalue weighted by atomic mass is 10.3. The molecule has 1 aromatic rings. The van der Waals surface area contributed by atoms with Gasteiger partial charge >= 0.3 is 0 Å². The van der Waals surface area contributed by atoms with Crippen molar-refractivity contribution in [3.8, 4) is 0 Å². The summed E-state index contributed by atoms with van der Waals surface area (Å²) in [6.45, 7) is 1.98. The van der Waals surface area contributed by atoms with Crippen LogP contribution in [0.25, 0.3) is 0 Å². The van der Waals surface area contributed by atoms with Gasteiger partial charge in [-0.05, 0) is 25.1 Å². The van der Waals surface area contributed by atoms with Gasteiger partial charge in [0.05, 0.1) is 5.69 Å². The fourth-order valence-corrected chi connectivity index (χ4v) is 0.868. The molecular weight excluding hydrogens is 158 g/mol. The van der Waals surface area contributed by atoms with Gasteiger partial charge in [-0.25, -0.2) is 0 Å². The average Bonchev–Trinajstić information content (AvgIpc) is 2.19. The minimum Gasteiger partial charge on any atom is -0.257 e. The predicted octanol–water partition coefficient (Wildman–Crippen LogP) is 3.52. The molecule has 0 saturated heterocycles. The van der Waals surface area contributed by atoms with Crippen LogP contribution in [0.15, 0.2) is 59.6 Å². The topological polar surface area (TPSA) is 12.4 Å². The van der Waals surface area contributed by atoms with E-state index in [1.807, 2.05) is 61.6 Å². The maximum absolute atomic E-state index is 4.23. The molecule has 0 bridgehead atoms. The van der Waals surface area contributed by atoms with Crippen molar-refractivity contribution in [3.05, 3.63) is 54.6 Å². The van der Waals surface area contributed by atoms with Gasteiger partial charge < -0.3 is 0 Å². The van der Waals surface area contributed by atoms with E-state index in [0.717, 1.165) is 5.69 Å². The van der Waals surface area contributed by atoms with Crippen LogP contribution in [0.4, 0.5) is 5.69 Å². The molecule has 0 amide bonds. The van der Waals surface area contributed by atoms with Gasteiger partial charge in [0.25, 0.3) is 0 Å². The molecule has 66 valence electrons. The number of nitrogens with zero attached hydrogens (tertiary/aromatic N) is 1. The first kappa shape index (κ1) is 9.46. The summed E-state index contributed by atoms with van der Waals surface area (Å²) >= 11 is 0. The Balaban J connectivity index is 2.50. The Bertz CT molecular complexity index is 307. The van der Waals surface area contributed by atoms with Crippen LogP contribution < -0.4 is 0 Å². The van der Waals surface area contributed by atoms with Crippen molar-refractivity contribution < 1.29 is 0 Å². The van der Waals surface area contributed by atoms with Crippen LogP contribution in [0.5, 0.6) is 0 Å². The summed E-state index contributed by atoms with van der Waals surface area (Å²) in [6, 6.07) is 9.87. The lowest BCUT2D eigenvalue weighted by Crippen LogP contribution is -1.64. The van der Waals surface area contributed by atoms with Gasteiger partial charge in [-0.3, -0.25) is 4.99 Å². The fraction of sp³-hybridized carbons (Fsp3) is 0.0833. The van der Waals surface area contributed by atoms with Crippen molar-refractivity contribution in [2.45, 2.75) is 6.92 Å². The van der Waals surface area contributed by atoms with E-state index in [9.17, 15) is 0 Å². The van der Waals surface area contributed by atoms with Crippen molar-refractivity contribution in [2.24, 2.45) is 4.99 Å². The Labute approximate surface area is 79.1 Å². The van der Waals surface area contributed by atoms with Crippen molar-refractivity contribution in [2.75, 3.05) is 0 Å². The molecule has 0 radical (unpaired) electrons. The molecule has 0 aliphatic heterocycles. The molecule has 0 aliphatic rings. The van der Waals surface area contributed by atoms with E-state index in [-0.39, 0.29) is 0 Å². The molecule has 0 spiro atoms. The lowest BCUT2D eigenvalue weighted by molar-refractivity contribution is 1.54. The Kier molecular flexibility index (Phi) is 4.33. The molecule has 1 heteroatoms. The van der Waals surface area contributed by atoms with Crippen LogP contribution in [0, 0.1) is 0 Å². The third-order valence-corrected chi connectivity index (χ3v) is 1.48. The molecule has 0 fully saturated rings. The summed E-state index contributed by atoms with van der Waals surface area (Å²) in [5.74, 6) is 0. The Hall–Kier alpha value is -1.63. The van der Waals surface area contributed by atoms with Crippen molar-refractivity contribution in [1.29, 1.82) is 0 Å². The third-order valence-electron chi connectivity index (χ3n) is 1.48. The number of allylic oxidation sites excluding steroid dienone is 4. The second-order valence-corrected chi connectivity index (χ2v) is 2.52. The molecule has 0 atom stereocenters. The van der Waals surface area contributed by atoms with Crippen molar-refractivity contribution in [3.63, 3.8) is 0 Å². The zero-order valence-electron chi connectivity index (χ0n) is 7.72. The van der Waals surface area contributed by atoms with E-state index in [1.54, 1.807) is 6.21 Å². The van der Waals surface area contributed by atoms with E-state index >= 15 is 0 Å². The normalized spacial score (nSPS) is 12.1. The standard InChI is InChI=1S/C12H13N/c1-2-3-4-8-11-13-12-9-6-5-7-10-12/h2-11H,1H3/b3-2-,8-4-,13-11+. The average molecular weight is 171 g/mol. The molecule has 0 unspecified atom stereocenters. The highest BCUT2D eigenvalue weighted by molar-refractivity contribution is 5.74. The van der Waals surface area contributed by atoms with Crippen LogP contribution in [-0.2, 0) is 0 Å². The summed E-state index contributed by atoms with van der Waals surface area (Å²) in [5.41, 5.74) is 0.979. The van der Waals surface area contributed by atoms with E-state index in [4.69, 9.17) is 0 Å². The van der Waals surface area contributed by atoms with Crippen LogP contribution >= 0.6 is 0 Å². The molecule has 13 heavy (non-hydrogen) atoms. The van der Waals surface area contributed by atoms with Gasteiger partial charge in [0.15, 0.2) is 0 Å². The minimum absolute atomic E-state index is 0.979. The van der Waals surface area contributed by atoms with Gasteiger partial charge in [0, 0.05) is 6.21 Å². The van der Waals surface area contributed by atoms with E-state index in [0.29, 0.717) is 0 Å². The highest BCUT2D eigenvalue weighted by Gasteiger charge is 1.79. The Morgan fingerprint density at radius 2 is 1.77 bits per heavy atom. The smallest absolute Gasteiger partial charge is 0.0629 e. The highest BCUT2D eigenvalue weighted by atomic mass is 14.7. The zero-order chi connectivity index (χ0) is 9.36. The highest BCUT2D eigenvalue weighted by Crippen LogP contribution is 2.07. The fourth-order valence-electron chi connectivity index (χ4n) is 0.868. The molecule has 0 saturated carbocycles. The number of hydrogen-bond donors (Lipinski definition) is 0. The minimum atomic E-state index is 0.979. The Morgan fingerprint density at radius 1 is 1.00 bits per heavy atom. The monoisotopic (exact) mass is 171 g/mol. The van der Waals surface area contributed by atoms with Crippen molar-refractivity contribution in [1.82, 2.24) is 0 Å². The van der Waals surface area contributed by atoms with Gasteiger partial charge in [-0.1, -0.05) is 36.4 Å². The number of hydrogen-bond acceptors (Lipinski definition) is 1. The van der Waals surface area contributed by atoms with Crippen molar-refractivity contribution >= 4 is 11.9 Å². The largest absolute Gasteiger partial charge is 0.257 e. The predicted molar refractivity (Wildman–Crippen MR) is 58.5 cm³/mol. The Morgan fingerprint density at radius 3 is 2.46 bits per heavy atom. The second-order valence-electron chi connectivity index (χ2n) is 2.52. The molecule has 0 aromatic heterocycles. The van der Waals surface area contributed by atoms with Crippen LogP contribution in [0.3, 0.4) is 0 Å². The number of rotatable bonds is 3. The molecular formula is C12H13N. The molecule has 1 aromatic carbocycles. The second kappa shape index (κ2) is 5.95. The first-order valence-corrected chi connectivity index (χ1v) is 4.30. The molecule has 1 nitrogen and oxygen atoms in total. The number of benzene rings is 1.